The highest BCUT2D eigenvalue weighted by atomic mass is 16.6. The van der Waals surface area contributed by atoms with Gasteiger partial charge in [0.1, 0.15) is 11.9 Å². The summed E-state index contributed by atoms with van der Waals surface area (Å²) in [6.45, 7) is 6.07. The molecule has 5 nitrogen and oxygen atoms in total. The average Bonchev–Trinajstić information content (AvgIpc) is 2.66. The molecule has 0 aliphatic carbocycles. The van der Waals surface area contributed by atoms with Gasteiger partial charge in [0, 0.05) is 13.7 Å². The molecule has 0 radical (unpaired) electrons. The lowest BCUT2D eigenvalue weighted by atomic mass is 10.2. The van der Waals surface area contributed by atoms with E-state index in [1.54, 1.807) is 0 Å². The van der Waals surface area contributed by atoms with Gasteiger partial charge in [-0.3, -0.25) is 4.90 Å². The summed E-state index contributed by atoms with van der Waals surface area (Å²) < 4.78 is 5.18. The Morgan fingerprint density at radius 3 is 2.44 bits per heavy atom. The molecule has 1 amide bonds. The van der Waals surface area contributed by atoms with Crippen LogP contribution in [0.5, 0.6) is 0 Å². The van der Waals surface area contributed by atoms with Crippen LogP contribution in [0.4, 0.5) is 4.79 Å². The van der Waals surface area contributed by atoms with Crippen molar-refractivity contribution in [2.24, 2.45) is 0 Å². The number of hydrogen-bond donors (Lipinski definition) is 1. The second-order valence-corrected chi connectivity index (χ2v) is 4.52. The normalized spacial score (nSPS) is 19.8. The molecular formula is C11H21NO4. The first kappa shape index (κ1) is 14.9. The van der Waals surface area contributed by atoms with Crippen LogP contribution in [-0.4, -0.2) is 47.7 Å². The largest absolute Gasteiger partial charge is 0.444 e. The predicted octanol–water partition coefficient (Wildman–Crippen LogP) is 1.19. The van der Waals surface area contributed by atoms with Crippen molar-refractivity contribution in [1.82, 2.24) is 4.90 Å². The summed E-state index contributed by atoms with van der Waals surface area (Å²) in [5, 5.41) is 7.00. The minimum absolute atomic E-state index is 0.287. The lowest BCUT2D eigenvalue weighted by Gasteiger charge is -2.26. The van der Waals surface area contributed by atoms with Crippen molar-refractivity contribution >= 4 is 12.4 Å². The molecule has 1 N–H and O–H groups in total. The van der Waals surface area contributed by atoms with Crippen molar-refractivity contribution in [3.05, 3.63) is 0 Å². The van der Waals surface area contributed by atoms with Gasteiger partial charge in [-0.2, -0.15) is 0 Å². The molecule has 16 heavy (non-hydrogen) atoms. The van der Waals surface area contributed by atoms with E-state index in [0.717, 1.165) is 26.2 Å². The van der Waals surface area contributed by atoms with Crippen molar-refractivity contribution in [2.75, 3.05) is 13.7 Å². The monoisotopic (exact) mass is 231 g/mol. The Bertz CT molecular complexity index is 235. The summed E-state index contributed by atoms with van der Waals surface area (Å²) in [5.41, 5.74) is -0.493. The molecule has 5 heteroatoms. The minimum Gasteiger partial charge on any atom is -0.444 e. The predicted molar refractivity (Wildman–Crippen MR) is 60.2 cm³/mol. The number of aliphatic hydroxyl groups is 1. The van der Waals surface area contributed by atoms with E-state index < -0.39 is 5.60 Å². The fourth-order valence-electron chi connectivity index (χ4n) is 1.48. The summed E-state index contributed by atoms with van der Waals surface area (Å²) >= 11 is 0. The van der Waals surface area contributed by atoms with Crippen LogP contribution in [0.15, 0.2) is 0 Å². The SMILES string of the molecule is CC(C)(C)OC(=O)N1CCCC1C=O.CO. The van der Waals surface area contributed by atoms with Crippen LogP contribution in [0, 0.1) is 0 Å². The van der Waals surface area contributed by atoms with Gasteiger partial charge in [0.25, 0.3) is 0 Å². The Hall–Kier alpha value is -1.10. The summed E-state index contributed by atoms with van der Waals surface area (Å²) in [6, 6.07) is -0.287. The smallest absolute Gasteiger partial charge is 0.410 e. The van der Waals surface area contributed by atoms with E-state index in [2.05, 4.69) is 0 Å². The van der Waals surface area contributed by atoms with Crippen molar-refractivity contribution in [1.29, 1.82) is 0 Å². The number of amides is 1. The Morgan fingerprint density at radius 2 is 2.00 bits per heavy atom. The van der Waals surface area contributed by atoms with Crippen LogP contribution in [-0.2, 0) is 9.53 Å². The quantitative estimate of drug-likeness (QED) is 0.688. The fourth-order valence-corrected chi connectivity index (χ4v) is 1.48. The van der Waals surface area contributed by atoms with Crippen LogP contribution in [0.25, 0.3) is 0 Å². The fraction of sp³-hybridized carbons (Fsp3) is 0.818. The highest BCUT2D eigenvalue weighted by Gasteiger charge is 2.31. The highest BCUT2D eigenvalue weighted by Crippen LogP contribution is 2.19. The molecule has 0 bridgehead atoms. The molecular weight excluding hydrogens is 210 g/mol. The molecule has 1 fully saturated rings. The number of carbonyl (C=O) groups is 2. The van der Waals surface area contributed by atoms with Crippen LogP contribution >= 0.6 is 0 Å². The summed E-state index contributed by atoms with van der Waals surface area (Å²) in [7, 11) is 1.00. The van der Waals surface area contributed by atoms with Crippen LogP contribution in [0.1, 0.15) is 33.6 Å². The summed E-state index contributed by atoms with van der Waals surface area (Å²) in [6.07, 6.45) is 2.06. The van der Waals surface area contributed by atoms with E-state index in [1.807, 2.05) is 20.8 Å². The molecule has 1 rings (SSSR count). The van der Waals surface area contributed by atoms with E-state index in [1.165, 1.54) is 4.90 Å². The van der Waals surface area contributed by atoms with Gasteiger partial charge in [0.15, 0.2) is 0 Å². The Morgan fingerprint density at radius 1 is 1.44 bits per heavy atom. The van der Waals surface area contributed by atoms with Crippen LogP contribution in [0.2, 0.25) is 0 Å². The first-order chi connectivity index (χ1) is 7.44. The molecule has 1 aliphatic heterocycles. The Balaban J connectivity index is 0.00000106. The Labute approximate surface area is 96.4 Å². The topological polar surface area (TPSA) is 66.8 Å². The number of nitrogens with zero attached hydrogens (tertiary/aromatic N) is 1. The number of rotatable bonds is 1. The van der Waals surface area contributed by atoms with Gasteiger partial charge in [-0.25, -0.2) is 4.79 Å². The zero-order valence-electron chi connectivity index (χ0n) is 10.4. The Kier molecular flexibility index (Phi) is 6.03. The number of carbonyl (C=O) groups excluding carboxylic acids is 2. The lowest BCUT2D eigenvalue weighted by molar-refractivity contribution is -0.111. The molecule has 94 valence electrons. The third kappa shape index (κ3) is 4.61. The van der Waals surface area contributed by atoms with Gasteiger partial charge in [-0.05, 0) is 33.6 Å². The second-order valence-electron chi connectivity index (χ2n) is 4.52. The molecule has 0 spiro atoms. The van der Waals surface area contributed by atoms with Gasteiger partial charge in [-0.15, -0.1) is 0 Å². The maximum atomic E-state index is 11.6. The van der Waals surface area contributed by atoms with Crippen molar-refractivity contribution in [2.45, 2.75) is 45.3 Å². The maximum Gasteiger partial charge on any atom is 0.410 e. The summed E-state index contributed by atoms with van der Waals surface area (Å²) in [4.78, 5) is 23.7. The molecule has 1 aliphatic rings. The van der Waals surface area contributed by atoms with Crippen molar-refractivity contribution < 1.29 is 19.4 Å². The number of ether oxygens (including phenoxy) is 1. The molecule has 1 saturated heterocycles. The number of hydrogen-bond acceptors (Lipinski definition) is 4. The molecule has 0 aromatic rings. The van der Waals surface area contributed by atoms with Gasteiger partial charge in [-0.1, -0.05) is 0 Å². The van der Waals surface area contributed by atoms with Gasteiger partial charge in [0.2, 0.25) is 0 Å². The molecule has 0 aromatic heterocycles. The van der Waals surface area contributed by atoms with Crippen LogP contribution < -0.4 is 0 Å². The van der Waals surface area contributed by atoms with E-state index in [9.17, 15) is 9.59 Å². The lowest BCUT2D eigenvalue weighted by Crippen LogP contribution is -2.40. The highest BCUT2D eigenvalue weighted by molar-refractivity contribution is 5.74. The van der Waals surface area contributed by atoms with E-state index in [4.69, 9.17) is 9.84 Å². The zero-order valence-corrected chi connectivity index (χ0v) is 10.4. The molecule has 1 unspecified atom stereocenters. The van der Waals surface area contributed by atoms with Gasteiger partial charge >= 0.3 is 6.09 Å². The molecule has 0 saturated carbocycles. The zero-order chi connectivity index (χ0) is 12.8. The van der Waals surface area contributed by atoms with Gasteiger partial charge < -0.3 is 14.6 Å². The third-order valence-corrected chi connectivity index (χ3v) is 2.08. The second kappa shape index (κ2) is 6.48. The number of aldehydes is 1. The number of aliphatic hydroxyl groups excluding tert-OH is 1. The standard InChI is InChI=1S/C10H17NO3.CH4O/c1-10(2,3)14-9(13)11-6-4-5-8(11)7-12;1-2/h7-8H,4-6H2,1-3H3;2H,1H3. The first-order valence-electron chi connectivity index (χ1n) is 5.33. The number of likely N-dealkylation sites (tertiary alicyclic amines) is 1. The molecule has 1 atom stereocenters. The van der Waals surface area contributed by atoms with E-state index >= 15 is 0 Å². The maximum absolute atomic E-state index is 11.6. The summed E-state index contributed by atoms with van der Waals surface area (Å²) in [5.74, 6) is 0. The van der Waals surface area contributed by atoms with E-state index in [-0.39, 0.29) is 12.1 Å². The van der Waals surface area contributed by atoms with Crippen molar-refractivity contribution in [3.63, 3.8) is 0 Å². The first-order valence-corrected chi connectivity index (χ1v) is 5.33. The van der Waals surface area contributed by atoms with Crippen LogP contribution in [0.3, 0.4) is 0 Å². The van der Waals surface area contributed by atoms with Crippen molar-refractivity contribution in [3.8, 4) is 0 Å². The molecule has 1 heterocycles. The van der Waals surface area contributed by atoms with E-state index in [0.29, 0.717) is 6.54 Å². The van der Waals surface area contributed by atoms with Gasteiger partial charge in [0.05, 0.1) is 6.04 Å². The minimum atomic E-state index is -0.493. The average molecular weight is 231 g/mol. The third-order valence-electron chi connectivity index (χ3n) is 2.08. The molecule has 0 aromatic carbocycles.